The zero-order valence-corrected chi connectivity index (χ0v) is 16.3. The molecule has 0 saturated carbocycles. The van der Waals surface area contributed by atoms with Gasteiger partial charge in [0.1, 0.15) is 12.4 Å². The van der Waals surface area contributed by atoms with E-state index < -0.39 is 0 Å². The smallest absolute Gasteiger partial charge is 0.319 e. The second-order valence-electron chi connectivity index (χ2n) is 6.90. The van der Waals surface area contributed by atoms with Gasteiger partial charge in [0.25, 0.3) is 0 Å². The number of rotatable bonds is 6. The monoisotopic (exact) mass is 387 g/mol. The first-order chi connectivity index (χ1) is 13.1. The van der Waals surface area contributed by atoms with Gasteiger partial charge in [0.15, 0.2) is 0 Å². The van der Waals surface area contributed by atoms with Crippen LogP contribution in [0, 0.1) is 5.92 Å². The Morgan fingerprint density at radius 1 is 1.11 bits per heavy atom. The van der Waals surface area contributed by atoms with Gasteiger partial charge in [-0.1, -0.05) is 18.5 Å². The second-order valence-corrected chi connectivity index (χ2v) is 7.34. The van der Waals surface area contributed by atoms with Gasteiger partial charge in [0, 0.05) is 29.5 Å². The van der Waals surface area contributed by atoms with E-state index in [0.29, 0.717) is 18.2 Å². The number of carbonyl (C=O) groups is 1. The third-order valence-corrected chi connectivity index (χ3v) is 5.00. The fraction of sp³-hybridized carbons (Fsp3) is 0.381. The van der Waals surface area contributed by atoms with Gasteiger partial charge >= 0.3 is 6.03 Å². The van der Waals surface area contributed by atoms with Crippen molar-refractivity contribution < 1.29 is 9.53 Å². The van der Waals surface area contributed by atoms with Crippen LogP contribution in [0.2, 0.25) is 5.02 Å². The lowest BCUT2D eigenvalue weighted by molar-refractivity contribution is 0.247. The molecular weight excluding hydrogens is 362 g/mol. The van der Waals surface area contributed by atoms with Crippen LogP contribution in [-0.4, -0.2) is 32.3 Å². The lowest BCUT2D eigenvalue weighted by atomic mass is 9.99. The first-order valence-corrected chi connectivity index (χ1v) is 9.76. The number of anilines is 2. The third-order valence-electron chi connectivity index (χ3n) is 4.74. The largest absolute Gasteiger partial charge is 0.492 e. The van der Waals surface area contributed by atoms with Crippen molar-refractivity contribution in [3.63, 3.8) is 0 Å². The average Bonchev–Trinajstić information content (AvgIpc) is 2.68. The van der Waals surface area contributed by atoms with Crippen molar-refractivity contribution in [1.29, 1.82) is 0 Å². The maximum absolute atomic E-state index is 12.0. The minimum Gasteiger partial charge on any atom is -0.492 e. The Kier molecular flexibility index (Phi) is 6.82. The molecule has 0 unspecified atom stereocenters. The van der Waals surface area contributed by atoms with Crippen LogP contribution in [0.25, 0.3) is 0 Å². The molecule has 2 aromatic carbocycles. The summed E-state index contributed by atoms with van der Waals surface area (Å²) in [5, 5.41) is 6.30. The molecule has 1 fully saturated rings. The quantitative estimate of drug-likeness (QED) is 0.701. The van der Waals surface area contributed by atoms with Crippen molar-refractivity contribution in [1.82, 2.24) is 5.32 Å². The van der Waals surface area contributed by atoms with E-state index in [0.717, 1.165) is 30.4 Å². The highest BCUT2D eigenvalue weighted by atomic mass is 35.5. The molecule has 0 bridgehead atoms. The van der Waals surface area contributed by atoms with Gasteiger partial charge in [-0.05, 0) is 67.3 Å². The van der Waals surface area contributed by atoms with Crippen LogP contribution in [0.1, 0.15) is 19.8 Å². The van der Waals surface area contributed by atoms with Crippen LogP contribution in [0.15, 0.2) is 48.5 Å². The molecule has 1 aliphatic rings. The highest BCUT2D eigenvalue weighted by Crippen LogP contribution is 2.24. The van der Waals surface area contributed by atoms with Crippen molar-refractivity contribution in [3.05, 3.63) is 53.6 Å². The summed E-state index contributed by atoms with van der Waals surface area (Å²) in [6.07, 6.45) is 2.47. The van der Waals surface area contributed by atoms with Gasteiger partial charge in [-0.25, -0.2) is 4.79 Å². The normalized spacial score (nSPS) is 14.7. The third kappa shape index (κ3) is 6.07. The molecular formula is C21H26ClN3O2. The molecule has 2 amide bonds. The topological polar surface area (TPSA) is 53.6 Å². The van der Waals surface area contributed by atoms with E-state index in [2.05, 4.69) is 34.6 Å². The van der Waals surface area contributed by atoms with E-state index in [-0.39, 0.29) is 6.03 Å². The van der Waals surface area contributed by atoms with Crippen molar-refractivity contribution in [2.45, 2.75) is 19.8 Å². The van der Waals surface area contributed by atoms with Crippen LogP contribution in [0.5, 0.6) is 5.75 Å². The number of nitrogens with one attached hydrogen (secondary N) is 2. The van der Waals surface area contributed by atoms with E-state index in [1.165, 1.54) is 18.5 Å². The van der Waals surface area contributed by atoms with Crippen molar-refractivity contribution in [2.24, 2.45) is 5.92 Å². The molecule has 1 saturated heterocycles. The number of ether oxygens (including phenoxy) is 1. The molecule has 27 heavy (non-hydrogen) atoms. The number of benzene rings is 2. The van der Waals surface area contributed by atoms with E-state index >= 15 is 0 Å². The fourth-order valence-corrected chi connectivity index (χ4v) is 3.19. The predicted molar refractivity (Wildman–Crippen MR) is 111 cm³/mol. The number of carbonyl (C=O) groups excluding carboxylic acids is 1. The summed E-state index contributed by atoms with van der Waals surface area (Å²) in [7, 11) is 0. The van der Waals surface area contributed by atoms with E-state index in [4.69, 9.17) is 16.3 Å². The molecule has 5 nitrogen and oxygen atoms in total. The average molecular weight is 388 g/mol. The van der Waals surface area contributed by atoms with E-state index in [1.54, 1.807) is 24.3 Å². The van der Waals surface area contributed by atoms with Crippen LogP contribution in [-0.2, 0) is 0 Å². The number of hydrogen-bond acceptors (Lipinski definition) is 3. The van der Waals surface area contributed by atoms with Gasteiger partial charge in [0.05, 0.1) is 6.54 Å². The number of urea groups is 1. The van der Waals surface area contributed by atoms with Gasteiger partial charge < -0.3 is 20.3 Å². The molecule has 1 aliphatic heterocycles. The van der Waals surface area contributed by atoms with E-state index in [1.807, 2.05) is 12.1 Å². The minimum atomic E-state index is -0.241. The molecule has 3 rings (SSSR count). The summed E-state index contributed by atoms with van der Waals surface area (Å²) in [6.45, 7) is 5.31. The SMILES string of the molecule is CC1CCN(c2ccc(NC(=O)NCCOc3ccc(Cl)cc3)cc2)CC1. The highest BCUT2D eigenvalue weighted by Gasteiger charge is 2.15. The first-order valence-electron chi connectivity index (χ1n) is 9.38. The van der Waals surface area contributed by atoms with Gasteiger partial charge in [-0.15, -0.1) is 0 Å². The van der Waals surface area contributed by atoms with Crippen LogP contribution < -0.4 is 20.3 Å². The molecule has 1 heterocycles. The molecule has 0 aliphatic carbocycles. The Balaban J connectivity index is 1.38. The van der Waals surface area contributed by atoms with Crippen LogP contribution in [0.3, 0.4) is 0 Å². The molecule has 2 N–H and O–H groups in total. The zero-order valence-electron chi connectivity index (χ0n) is 15.6. The van der Waals surface area contributed by atoms with Crippen molar-refractivity contribution in [2.75, 3.05) is 36.5 Å². The Morgan fingerprint density at radius 3 is 2.44 bits per heavy atom. The van der Waals surface area contributed by atoms with Crippen LogP contribution in [0.4, 0.5) is 16.2 Å². The summed E-state index contributed by atoms with van der Waals surface area (Å²) in [5.74, 6) is 1.54. The lowest BCUT2D eigenvalue weighted by Gasteiger charge is -2.32. The molecule has 0 aromatic heterocycles. The van der Waals surface area contributed by atoms with Crippen molar-refractivity contribution >= 4 is 29.0 Å². The number of piperidine rings is 1. The fourth-order valence-electron chi connectivity index (χ4n) is 3.06. The second kappa shape index (κ2) is 9.51. The highest BCUT2D eigenvalue weighted by molar-refractivity contribution is 6.30. The van der Waals surface area contributed by atoms with E-state index in [9.17, 15) is 4.79 Å². The van der Waals surface area contributed by atoms with Crippen molar-refractivity contribution in [3.8, 4) is 5.75 Å². The number of nitrogens with zero attached hydrogens (tertiary/aromatic N) is 1. The minimum absolute atomic E-state index is 0.241. The number of halogens is 1. The standard InChI is InChI=1S/C21H26ClN3O2/c1-16-10-13-25(14-11-16)19-6-4-18(5-7-19)24-21(26)23-12-15-27-20-8-2-17(22)3-9-20/h2-9,16H,10-15H2,1H3,(H2,23,24,26). The van der Waals surface area contributed by atoms with Crippen LogP contribution >= 0.6 is 11.6 Å². The Labute approximate surface area is 165 Å². The Hall–Kier alpha value is -2.40. The number of hydrogen-bond donors (Lipinski definition) is 2. The first kappa shape index (κ1) is 19.4. The van der Waals surface area contributed by atoms with Gasteiger partial charge in [-0.2, -0.15) is 0 Å². The Morgan fingerprint density at radius 2 is 1.78 bits per heavy atom. The molecule has 0 spiro atoms. The molecule has 2 aromatic rings. The summed E-state index contributed by atoms with van der Waals surface area (Å²) in [5.41, 5.74) is 1.99. The Bertz CT molecular complexity index is 726. The molecule has 0 atom stereocenters. The predicted octanol–water partition coefficient (Wildman–Crippen LogP) is 4.78. The lowest BCUT2D eigenvalue weighted by Crippen LogP contribution is -2.33. The van der Waals surface area contributed by atoms with Gasteiger partial charge in [-0.3, -0.25) is 0 Å². The summed E-state index contributed by atoms with van der Waals surface area (Å²) in [4.78, 5) is 14.4. The summed E-state index contributed by atoms with van der Waals surface area (Å²) in [6, 6.07) is 14.9. The maximum atomic E-state index is 12.0. The summed E-state index contributed by atoms with van der Waals surface area (Å²) >= 11 is 5.83. The number of amides is 2. The molecule has 0 radical (unpaired) electrons. The molecule has 6 heteroatoms. The van der Waals surface area contributed by atoms with Gasteiger partial charge in [0.2, 0.25) is 0 Å². The maximum Gasteiger partial charge on any atom is 0.319 e. The molecule has 144 valence electrons. The summed E-state index contributed by atoms with van der Waals surface area (Å²) < 4.78 is 5.55. The zero-order chi connectivity index (χ0) is 19.1.